The number of carbonyl (C=O) groups excluding carboxylic acids is 1. The van der Waals surface area contributed by atoms with Crippen LogP contribution >= 0.6 is 27.7 Å². The first kappa shape index (κ1) is 14.1. The number of thioether (sulfide) groups is 1. The van der Waals surface area contributed by atoms with E-state index in [0.717, 1.165) is 10.2 Å². The van der Waals surface area contributed by atoms with Crippen LogP contribution in [0.15, 0.2) is 33.9 Å². The van der Waals surface area contributed by atoms with Crippen molar-refractivity contribution in [2.45, 2.75) is 19.0 Å². The SMILES string of the molecule is CCSc1nnc(C)n1NC(=O)c1ccc(Br)cc1. The lowest BCUT2D eigenvalue weighted by atomic mass is 10.2. The van der Waals surface area contributed by atoms with Gasteiger partial charge in [-0.2, -0.15) is 0 Å². The van der Waals surface area contributed by atoms with Gasteiger partial charge < -0.3 is 0 Å². The molecule has 7 heteroatoms. The predicted octanol–water partition coefficient (Wildman–Crippen LogP) is 2.84. The van der Waals surface area contributed by atoms with Crippen LogP contribution in [0.1, 0.15) is 23.1 Å². The number of nitrogens with one attached hydrogen (secondary N) is 1. The quantitative estimate of drug-likeness (QED) is 0.869. The van der Waals surface area contributed by atoms with Gasteiger partial charge in [0.25, 0.3) is 5.91 Å². The van der Waals surface area contributed by atoms with E-state index in [1.165, 1.54) is 11.8 Å². The number of nitrogens with zero attached hydrogens (tertiary/aromatic N) is 3. The van der Waals surface area contributed by atoms with Crippen molar-refractivity contribution in [2.75, 3.05) is 11.2 Å². The molecule has 0 bridgehead atoms. The Morgan fingerprint density at radius 2 is 2.05 bits per heavy atom. The summed E-state index contributed by atoms with van der Waals surface area (Å²) in [6, 6.07) is 7.17. The lowest BCUT2D eigenvalue weighted by Crippen LogP contribution is -2.24. The highest BCUT2D eigenvalue weighted by atomic mass is 79.9. The molecule has 1 aromatic carbocycles. The number of aryl methyl sites for hydroxylation is 1. The molecule has 1 aromatic heterocycles. The molecule has 0 spiro atoms. The normalized spacial score (nSPS) is 10.5. The zero-order valence-corrected chi connectivity index (χ0v) is 13.0. The summed E-state index contributed by atoms with van der Waals surface area (Å²) in [6.07, 6.45) is 0. The lowest BCUT2D eigenvalue weighted by Gasteiger charge is -2.09. The number of benzene rings is 1. The molecule has 0 unspecified atom stereocenters. The molecule has 0 atom stereocenters. The Hall–Kier alpha value is -1.34. The van der Waals surface area contributed by atoms with E-state index >= 15 is 0 Å². The molecule has 0 saturated heterocycles. The van der Waals surface area contributed by atoms with Crippen LogP contribution in [-0.2, 0) is 0 Å². The average molecular weight is 341 g/mol. The van der Waals surface area contributed by atoms with E-state index in [9.17, 15) is 4.79 Å². The number of rotatable bonds is 4. The summed E-state index contributed by atoms with van der Waals surface area (Å²) in [5, 5.41) is 8.67. The summed E-state index contributed by atoms with van der Waals surface area (Å²) >= 11 is 4.87. The van der Waals surface area contributed by atoms with E-state index in [-0.39, 0.29) is 5.91 Å². The first-order chi connectivity index (χ1) is 9.11. The third kappa shape index (κ3) is 3.36. The highest BCUT2D eigenvalue weighted by Gasteiger charge is 2.12. The Morgan fingerprint density at radius 1 is 1.37 bits per heavy atom. The standard InChI is InChI=1S/C12H13BrN4OS/c1-3-19-12-15-14-8(2)17(12)16-11(18)9-4-6-10(13)7-5-9/h4-7H,3H2,1-2H3,(H,16,18). The van der Waals surface area contributed by atoms with Crippen LogP contribution in [0.5, 0.6) is 0 Å². The first-order valence-corrected chi connectivity index (χ1v) is 7.51. The van der Waals surface area contributed by atoms with Crippen molar-refractivity contribution in [1.82, 2.24) is 14.9 Å². The van der Waals surface area contributed by atoms with Gasteiger partial charge in [-0.1, -0.05) is 34.6 Å². The molecule has 1 N–H and O–H groups in total. The fourth-order valence-corrected chi connectivity index (χ4v) is 2.39. The fourth-order valence-electron chi connectivity index (χ4n) is 1.46. The van der Waals surface area contributed by atoms with Crippen molar-refractivity contribution in [1.29, 1.82) is 0 Å². The molecule has 0 aliphatic rings. The average Bonchev–Trinajstić information content (AvgIpc) is 2.73. The van der Waals surface area contributed by atoms with Gasteiger partial charge in [0.1, 0.15) is 5.82 Å². The van der Waals surface area contributed by atoms with E-state index in [1.54, 1.807) is 23.7 Å². The molecule has 5 nitrogen and oxygen atoms in total. The van der Waals surface area contributed by atoms with E-state index < -0.39 is 0 Å². The molecule has 0 aliphatic heterocycles. The molecule has 2 rings (SSSR count). The molecule has 0 fully saturated rings. The number of hydrogen-bond acceptors (Lipinski definition) is 4. The van der Waals surface area contributed by atoms with Gasteiger partial charge in [0.15, 0.2) is 0 Å². The molecule has 2 aromatic rings. The second kappa shape index (κ2) is 6.21. The van der Waals surface area contributed by atoms with Gasteiger partial charge in [-0.05, 0) is 36.9 Å². The summed E-state index contributed by atoms with van der Waals surface area (Å²) < 4.78 is 2.55. The maximum atomic E-state index is 12.1. The molecule has 100 valence electrons. The predicted molar refractivity (Wildman–Crippen MR) is 79.0 cm³/mol. The number of carbonyl (C=O) groups is 1. The summed E-state index contributed by atoms with van der Waals surface area (Å²) in [5.41, 5.74) is 3.38. The Kier molecular flexibility index (Phi) is 4.60. The Morgan fingerprint density at radius 3 is 2.68 bits per heavy atom. The first-order valence-electron chi connectivity index (χ1n) is 5.73. The molecule has 1 amide bonds. The molecule has 19 heavy (non-hydrogen) atoms. The zero-order chi connectivity index (χ0) is 13.8. The highest BCUT2D eigenvalue weighted by Crippen LogP contribution is 2.15. The van der Waals surface area contributed by atoms with E-state index in [1.807, 2.05) is 19.1 Å². The molecule has 0 aliphatic carbocycles. The van der Waals surface area contributed by atoms with Gasteiger partial charge in [0.05, 0.1) is 0 Å². The van der Waals surface area contributed by atoms with E-state index in [2.05, 4.69) is 31.6 Å². The third-order valence-electron chi connectivity index (χ3n) is 2.39. The highest BCUT2D eigenvalue weighted by molar-refractivity contribution is 9.10. The largest absolute Gasteiger partial charge is 0.270 e. The van der Waals surface area contributed by atoms with Crippen LogP contribution in [0.25, 0.3) is 0 Å². The molecule has 0 radical (unpaired) electrons. The smallest absolute Gasteiger partial charge is 0.267 e. The maximum Gasteiger partial charge on any atom is 0.270 e. The van der Waals surface area contributed by atoms with Crippen LogP contribution in [0.4, 0.5) is 0 Å². The van der Waals surface area contributed by atoms with Crippen molar-refractivity contribution in [3.63, 3.8) is 0 Å². The lowest BCUT2D eigenvalue weighted by molar-refractivity contribution is 0.101. The summed E-state index contributed by atoms with van der Waals surface area (Å²) in [7, 11) is 0. The molecule has 1 heterocycles. The van der Waals surface area contributed by atoms with E-state index in [4.69, 9.17) is 0 Å². The van der Waals surface area contributed by atoms with Crippen LogP contribution < -0.4 is 5.43 Å². The van der Waals surface area contributed by atoms with Crippen LogP contribution in [-0.4, -0.2) is 26.5 Å². The second-order valence-electron chi connectivity index (χ2n) is 3.75. The Labute approximate surface area is 123 Å². The summed E-state index contributed by atoms with van der Waals surface area (Å²) in [5.74, 6) is 1.33. The number of aromatic nitrogens is 3. The zero-order valence-electron chi connectivity index (χ0n) is 10.6. The minimum atomic E-state index is -0.187. The fraction of sp³-hybridized carbons (Fsp3) is 0.250. The van der Waals surface area contributed by atoms with Crippen LogP contribution in [0, 0.1) is 6.92 Å². The summed E-state index contributed by atoms with van der Waals surface area (Å²) in [4.78, 5) is 12.1. The maximum absolute atomic E-state index is 12.1. The monoisotopic (exact) mass is 340 g/mol. The van der Waals surface area contributed by atoms with Gasteiger partial charge in [0, 0.05) is 10.0 Å². The van der Waals surface area contributed by atoms with Crippen molar-refractivity contribution >= 4 is 33.6 Å². The molecular formula is C12H13BrN4OS. The van der Waals surface area contributed by atoms with Crippen molar-refractivity contribution in [3.05, 3.63) is 40.1 Å². The Bertz CT molecular complexity index is 582. The number of amides is 1. The van der Waals surface area contributed by atoms with Crippen LogP contribution in [0.2, 0.25) is 0 Å². The Balaban J connectivity index is 2.19. The molecular weight excluding hydrogens is 328 g/mol. The van der Waals surface area contributed by atoms with Crippen LogP contribution in [0.3, 0.4) is 0 Å². The van der Waals surface area contributed by atoms with E-state index in [0.29, 0.717) is 16.5 Å². The van der Waals surface area contributed by atoms with Gasteiger partial charge in [-0.15, -0.1) is 10.2 Å². The van der Waals surface area contributed by atoms with Gasteiger partial charge in [0.2, 0.25) is 5.16 Å². The number of halogens is 1. The third-order valence-corrected chi connectivity index (χ3v) is 3.73. The second-order valence-corrected chi connectivity index (χ2v) is 5.89. The number of hydrogen-bond donors (Lipinski definition) is 1. The van der Waals surface area contributed by atoms with Crippen molar-refractivity contribution < 1.29 is 4.79 Å². The topological polar surface area (TPSA) is 59.8 Å². The molecule has 0 saturated carbocycles. The minimum absolute atomic E-state index is 0.187. The van der Waals surface area contributed by atoms with Crippen molar-refractivity contribution in [3.8, 4) is 0 Å². The van der Waals surface area contributed by atoms with Crippen molar-refractivity contribution in [2.24, 2.45) is 0 Å². The van der Waals surface area contributed by atoms with Gasteiger partial charge in [-0.25, -0.2) is 4.68 Å². The summed E-state index contributed by atoms with van der Waals surface area (Å²) in [6.45, 7) is 3.82. The van der Waals surface area contributed by atoms with Gasteiger partial charge in [-0.3, -0.25) is 10.2 Å². The minimum Gasteiger partial charge on any atom is -0.267 e. The van der Waals surface area contributed by atoms with Gasteiger partial charge >= 0.3 is 0 Å².